The first-order valence-corrected chi connectivity index (χ1v) is 16.6. The van der Waals surface area contributed by atoms with Crippen molar-refractivity contribution in [1.82, 2.24) is 25.1 Å². The van der Waals surface area contributed by atoms with Crippen LogP contribution in [0.4, 0.5) is 0 Å². The molecule has 2 amide bonds. The van der Waals surface area contributed by atoms with Gasteiger partial charge in [0.2, 0.25) is 0 Å². The Labute approximate surface area is 280 Å². The Kier molecular flexibility index (Phi) is 10.1. The average Bonchev–Trinajstić information content (AvgIpc) is 3.89. The second kappa shape index (κ2) is 15.0. The van der Waals surface area contributed by atoms with Crippen LogP contribution in [0.1, 0.15) is 28.7 Å². The molecule has 1 atom stereocenters. The number of hydrogen-bond donors (Lipinski definition) is 1. The largest absolute Gasteiger partial charge is 0.493 e. The first-order valence-electron chi connectivity index (χ1n) is 14.8. The van der Waals surface area contributed by atoms with Crippen molar-refractivity contribution in [3.63, 3.8) is 0 Å². The minimum atomic E-state index is -0.388. The Hall–Kier alpha value is -5.14. The topological polar surface area (TPSA) is 120 Å². The number of ether oxygens (including phenoxy) is 3. The molecule has 1 aliphatic rings. The van der Waals surface area contributed by atoms with Gasteiger partial charge in [0.05, 0.1) is 43.1 Å². The van der Waals surface area contributed by atoms with E-state index in [2.05, 4.69) is 15.5 Å². The number of hydrogen-bond acceptors (Lipinski definition) is 10. The molecule has 240 valence electrons. The molecule has 0 spiro atoms. The maximum Gasteiger partial charge on any atom is 0.258 e. The van der Waals surface area contributed by atoms with E-state index in [1.807, 2.05) is 88.8 Å². The molecular formula is C34H32N6O5S2. The number of aromatic nitrogens is 3. The number of thioether (sulfide) groups is 1. The summed E-state index contributed by atoms with van der Waals surface area (Å²) >= 11 is 2.83. The third-order valence-electron chi connectivity index (χ3n) is 7.36. The maximum atomic E-state index is 13.9. The van der Waals surface area contributed by atoms with Gasteiger partial charge in [-0.3, -0.25) is 14.2 Å². The second-order valence-electron chi connectivity index (χ2n) is 10.3. The Bertz CT molecular complexity index is 1850. The predicted octanol–water partition coefficient (Wildman–Crippen LogP) is 5.51. The van der Waals surface area contributed by atoms with Crippen LogP contribution in [-0.4, -0.2) is 63.9 Å². The van der Waals surface area contributed by atoms with Gasteiger partial charge in [-0.25, -0.2) is 5.01 Å². The van der Waals surface area contributed by atoms with E-state index in [4.69, 9.17) is 19.3 Å². The fourth-order valence-corrected chi connectivity index (χ4v) is 6.72. The molecule has 6 rings (SSSR count). The van der Waals surface area contributed by atoms with Gasteiger partial charge in [0.15, 0.2) is 29.1 Å². The Morgan fingerprint density at radius 3 is 2.45 bits per heavy atom. The molecule has 3 heterocycles. The van der Waals surface area contributed by atoms with Crippen LogP contribution in [0, 0.1) is 0 Å². The average molecular weight is 669 g/mol. The lowest BCUT2D eigenvalue weighted by Gasteiger charge is -2.24. The molecule has 5 aromatic rings. The predicted molar refractivity (Wildman–Crippen MR) is 180 cm³/mol. The molecule has 0 fully saturated rings. The smallest absolute Gasteiger partial charge is 0.258 e. The number of methoxy groups -OCH3 is 2. The molecule has 11 nitrogen and oxygen atoms in total. The van der Waals surface area contributed by atoms with Crippen LogP contribution >= 0.6 is 23.1 Å². The number of carbonyl (C=O) groups is 2. The van der Waals surface area contributed by atoms with Gasteiger partial charge in [-0.15, -0.1) is 21.5 Å². The van der Waals surface area contributed by atoms with E-state index in [9.17, 15) is 9.59 Å². The molecule has 2 aromatic heterocycles. The van der Waals surface area contributed by atoms with Crippen molar-refractivity contribution in [2.75, 3.05) is 26.6 Å². The van der Waals surface area contributed by atoms with Crippen LogP contribution in [0.15, 0.2) is 107 Å². The van der Waals surface area contributed by atoms with Crippen molar-refractivity contribution >= 4 is 40.6 Å². The number of amides is 2. The minimum absolute atomic E-state index is 0.0479. The van der Waals surface area contributed by atoms with E-state index in [0.717, 1.165) is 21.8 Å². The molecule has 1 aliphatic heterocycles. The third-order valence-corrected chi connectivity index (χ3v) is 9.19. The van der Waals surface area contributed by atoms with Gasteiger partial charge >= 0.3 is 0 Å². The standard InChI is InChI=1S/C34H32N6O5S2/c1-43-28-16-9-15-25(33(28)44-2)27-19-26(29-17-10-18-46-29)38-40(27)32(42)22-47-34-37-36-30(39(34)23-11-5-3-6-12-23)20-35-31(41)21-45-24-13-7-4-8-14-24/h3-18,27H,19-22H2,1-2H3,(H,35,41)/t27-/m0/s1. The van der Waals surface area contributed by atoms with E-state index >= 15 is 0 Å². The first kappa shape index (κ1) is 31.8. The van der Waals surface area contributed by atoms with Gasteiger partial charge in [0.1, 0.15) is 5.75 Å². The summed E-state index contributed by atoms with van der Waals surface area (Å²) in [6.45, 7) is -0.0195. The van der Waals surface area contributed by atoms with Gasteiger partial charge in [0, 0.05) is 17.7 Å². The van der Waals surface area contributed by atoms with Gasteiger partial charge in [-0.1, -0.05) is 66.4 Å². The van der Waals surface area contributed by atoms with Crippen molar-refractivity contribution in [2.24, 2.45) is 5.10 Å². The highest BCUT2D eigenvalue weighted by molar-refractivity contribution is 7.99. The van der Waals surface area contributed by atoms with E-state index in [-0.39, 0.29) is 36.8 Å². The summed E-state index contributed by atoms with van der Waals surface area (Å²) in [7, 11) is 3.18. The lowest BCUT2D eigenvalue weighted by molar-refractivity contribution is -0.130. The highest BCUT2D eigenvalue weighted by Crippen LogP contribution is 2.42. The summed E-state index contributed by atoms with van der Waals surface area (Å²) in [5.74, 6) is 1.82. The zero-order valence-corrected chi connectivity index (χ0v) is 27.4. The fourth-order valence-electron chi connectivity index (χ4n) is 5.18. The number of benzene rings is 3. The van der Waals surface area contributed by atoms with Crippen molar-refractivity contribution in [2.45, 2.75) is 24.2 Å². The Morgan fingerprint density at radius 2 is 1.72 bits per heavy atom. The lowest BCUT2D eigenvalue weighted by Crippen LogP contribution is -2.29. The molecule has 1 N–H and O–H groups in total. The normalized spacial score (nSPS) is 14.0. The summed E-state index contributed by atoms with van der Waals surface area (Å²) < 4.78 is 18.7. The summed E-state index contributed by atoms with van der Waals surface area (Å²) in [5, 5.41) is 20.5. The Morgan fingerprint density at radius 1 is 0.936 bits per heavy atom. The highest BCUT2D eigenvalue weighted by atomic mass is 32.2. The minimum Gasteiger partial charge on any atom is -0.493 e. The molecule has 0 aliphatic carbocycles. The van der Waals surface area contributed by atoms with Crippen molar-refractivity contribution < 1.29 is 23.8 Å². The molecule has 0 saturated heterocycles. The first-order chi connectivity index (χ1) is 23.1. The number of nitrogens with zero attached hydrogens (tertiary/aromatic N) is 5. The van der Waals surface area contributed by atoms with Crippen molar-refractivity contribution in [3.05, 3.63) is 113 Å². The number of nitrogens with one attached hydrogen (secondary N) is 1. The molecule has 0 unspecified atom stereocenters. The lowest BCUT2D eigenvalue weighted by atomic mass is 9.99. The number of carbonyl (C=O) groups excluding carboxylic acids is 2. The fraction of sp³-hybridized carbons (Fsp3) is 0.206. The Balaban J connectivity index is 1.20. The zero-order valence-electron chi connectivity index (χ0n) is 25.7. The molecule has 0 saturated carbocycles. The van der Waals surface area contributed by atoms with Crippen molar-refractivity contribution in [3.8, 4) is 22.9 Å². The number of hydrazone groups is 1. The van der Waals surface area contributed by atoms with Crippen LogP contribution in [0.5, 0.6) is 17.2 Å². The van der Waals surface area contributed by atoms with Crippen LogP contribution in [0.25, 0.3) is 5.69 Å². The number of para-hydroxylation sites is 3. The second-order valence-corrected chi connectivity index (χ2v) is 12.2. The van der Waals surface area contributed by atoms with Crippen LogP contribution in [0.2, 0.25) is 0 Å². The summed E-state index contributed by atoms with van der Waals surface area (Å²) in [6, 6.07) is 27.9. The van der Waals surface area contributed by atoms with Crippen LogP contribution < -0.4 is 19.5 Å². The van der Waals surface area contributed by atoms with E-state index in [0.29, 0.717) is 34.7 Å². The quantitative estimate of drug-likeness (QED) is 0.163. The molecular weight excluding hydrogens is 637 g/mol. The summed E-state index contributed by atoms with van der Waals surface area (Å²) in [6.07, 6.45) is 0.526. The van der Waals surface area contributed by atoms with E-state index in [1.54, 1.807) is 37.7 Å². The molecule has 0 radical (unpaired) electrons. The van der Waals surface area contributed by atoms with Gasteiger partial charge in [-0.05, 0) is 41.8 Å². The number of rotatable bonds is 13. The third kappa shape index (κ3) is 7.31. The van der Waals surface area contributed by atoms with Gasteiger partial charge in [0.25, 0.3) is 11.8 Å². The molecule has 13 heteroatoms. The molecule has 47 heavy (non-hydrogen) atoms. The van der Waals surface area contributed by atoms with Crippen molar-refractivity contribution in [1.29, 1.82) is 0 Å². The summed E-state index contributed by atoms with van der Waals surface area (Å²) in [4.78, 5) is 27.5. The van der Waals surface area contributed by atoms with Crippen LogP contribution in [-0.2, 0) is 16.1 Å². The number of thiophene rings is 1. The van der Waals surface area contributed by atoms with E-state index < -0.39 is 0 Å². The summed E-state index contributed by atoms with van der Waals surface area (Å²) in [5.41, 5.74) is 2.44. The maximum absolute atomic E-state index is 13.9. The monoisotopic (exact) mass is 668 g/mol. The van der Waals surface area contributed by atoms with E-state index in [1.165, 1.54) is 16.8 Å². The highest BCUT2D eigenvalue weighted by Gasteiger charge is 2.36. The van der Waals surface area contributed by atoms with Gasteiger partial charge in [-0.2, -0.15) is 5.10 Å². The van der Waals surface area contributed by atoms with Gasteiger partial charge < -0.3 is 19.5 Å². The molecule has 3 aromatic carbocycles. The SMILES string of the molecule is COc1cccc([C@@H]2CC(c3cccs3)=NN2C(=O)CSc2nnc(CNC(=O)COc3ccccc3)n2-c2ccccc2)c1OC. The van der Waals surface area contributed by atoms with Crippen LogP contribution in [0.3, 0.4) is 0 Å². The zero-order chi connectivity index (χ0) is 32.6. The molecule has 0 bridgehead atoms.